The van der Waals surface area contributed by atoms with Gasteiger partial charge in [-0.2, -0.15) is 0 Å². The number of piperazine rings is 1. The van der Waals surface area contributed by atoms with Gasteiger partial charge >= 0.3 is 0 Å². The molecule has 11 heteroatoms. The number of aromatic nitrogens is 2. The highest BCUT2D eigenvalue weighted by molar-refractivity contribution is 14.0. The van der Waals surface area contributed by atoms with Crippen LogP contribution in [0.1, 0.15) is 12.5 Å². The van der Waals surface area contributed by atoms with E-state index in [1.165, 1.54) is 7.05 Å². The van der Waals surface area contributed by atoms with Crippen molar-refractivity contribution in [2.45, 2.75) is 18.4 Å². The highest BCUT2D eigenvalue weighted by Crippen LogP contribution is 2.12. The molecule has 2 N–H and O–H groups in total. The van der Waals surface area contributed by atoms with Crippen molar-refractivity contribution >= 4 is 45.9 Å². The summed E-state index contributed by atoms with van der Waals surface area (Å²) in [5, 5.41) is 3.34. The molecule has 9 nitrogen and oxygen atoms in total. The highest BCUT2D eigenvalue weighted by Gasteiger charge is 2.21. The van der Waals surface area contributed by atoms with Gasteiger partial charge in [-0.3, -0.25) is 0 Å². The van der Waals surface area contributed by atoms with Crippen molar-refractivity contribution in [3.63, 3.8) is 0 Å². The average molecular weight is 545 g/mol. The molecular formula is C19H28IN7O2S. The van der Waals surface area contributed by atoms with Crippen molar-refractivity contribution in [3.05, 3.63) is 48.3 Å². The Bertz CT molecular complexity index is 916. The van der Waals surface area contributed by atoms with Crippen LogP contribution in [-0.4, -0.2) is 69.0 Å². The summed E-state index contributed by atoms with van der Waals surface area (Å²) in [7, 11) is -2.02. The summed E-state index contributed by atoms with van der Waals surface area (Å²) in [5.74, 6) is 1.61. The maximum absolute atomic E-state index is 11.8. The lowest BCUT2D eigenvalue weighted by Gasteiger charge is -2.36. The number of guanidine groups is 1. The van der Waals surface area contributed by atoms with Crippen molar-refractivity contribution in [2.75, 3.05) is 44.7 Å². The molecule has 2 aromatic rings. The maximum Gasteiger partial charge on any atom is 0.240 e. The third-order valence-corrected chi connectivity index (χ3v) is 6.09. The lowest BCUT2D eigenvalue weighted by atomic mass is 10.2. The Hall–Kier alpha value is -1.99. The van der Waals surface area contributed by atoms with Crippen LogP contribution >= 0.6 is 24.0 Å². The Balaban J connectivity index is 0.00000320. The Morgan fingerprint density at radius 2 is 1.73 bits per heavy atom. The lowest BCUT2D eigenvalue weighted by molar-refractivity contribution is 0.370. The second kappa shape index (κ2) is 11.4. The van der Waals surface area contributed by atoms with Gasteiger partial charge < -0.3 is 15.1 Å². The first kappa shape index (κ1) is 24.3. The molecule has 3 rings (SSSR count). The molecule has 30 heavy (non-hydrogen) atoms. The number of benzene rings is 1. The fourth-order valence-electron chi connectivity index (χ4n) is 3.06. The molecule has 1 aromatic carbocycles. The number of nitrogens with one attached hydrogen (secondary N) is 2. The first-order chi connectivity index (χ1) is 14.0. The van der Waals surface area contributed by atoms with Crippen molar-refractivity contribution < 1.29 is 8.42 Å². The summed E-state index contributed by atoms with van der Waals surface area (Å²) in [6, 6.07) is 8.60. The zero-order chi connectivity index (χ0) is 20.7. The van der Waals surface area contributed by atoms with Crippen molar-refractivity contribution in [1.29, 1.82) is 0 Å². The summed E-state index contributed by atoms with van der Waals surface area (Å²) in [6.07, 6.45) is 3.51. The first-order valence-corrected chi connectivity index (χ1v) is 11.1. The molecule has 0 unspecified atom stereocenters. The third-order valence-electron chi connectivity index (χ3n) is 4.66. The van der Waals surface area contributed by atoms with E-state index in [9.17, 15) is 8.42 Å². The quantitative estimate of drug-likeness (QED) is 0.321. The molecule has 164 valence electrons. The predicted octanol–water partition coefficient (Wildman–Crippen LogP) is 1.29. The van der Waals surface area contributed by atoms with Crippen molar-refractivity contribution in [3.8, 4) is 0 Å². The van der Waals surface area contributed by atoms with Gasteiger partial charge in [0.25, 0.3) is 0 Å². The minimum Gasteiger partial charge on any atom is -0.357 e. The van der Waals surface area contributed by atoms with Crippen LogP contribution < -0.4 is 14.9 Å². The van der Waals surface area contributed by atoms with Gasteiger partial charge in [0.05, 0.1) is 11.4 Å². The number of nitrogens with zero attached hydrogens (tertiary/aromatic N) is 5. The standard InChI is InChI=1S/C19H27N7O2S.HI/c1-3-21-18(24-15-16-5-7-17(8-6-16)29(27,28)20-2)25-11-13-26(14-12-25)19-22-9-4-10-23-19;/h4-10,20H,3,11-15H2,1-2H3,(H,21,24);1H. The molecular weight excluding hydrogens is 517 g/mol. The first-order valence-electron chi connectivity index (χ1n) is 9.61. The van der Waals surface area contributed by atoms with E-state index in [-0.39, 0.29) is 28.9 Å². The fourth-order valence-corrected chi connectivity index (χ4v) is 3.79. The van der Waals surface area contributed by atoms with Crippen molar-refractivity contribution in [2.24, 2.45) is 4.99 Å². The number of sulfonamides is 1. The zero-order valence-corrected chi connectivity index (χ0v) is 20.3. The van der Waals surface area contributed by atoms with Crippen molar-refractivity contribution in [1.82, 2.24) is 24.9 Å². The Kier molecular flexibility index (Phi) is 9.24. The van der Waals surface area contributed by atoms with Gasteiger partial charge in [-0.25, -0.2) is 28.1 Å². The van der Waals surface area contributed by atoms with E-state index < -0.39 is 10.0 Å². The monoisotopic (exact) mass is 545 g/mol. The van der Waals surface area contributed by atoms with Crippen LogP contribution in [-0.2, 0) is 16.6 Å². The number of aliphatic imine (C=N–C) groups is 1. The molecule has 0 aliphatic carbocycles. The molecule has 0 amide bonds. The molecule has 1 saturated heterocycles. The summed E-state index contributed by atoms with van der Waals surface area (Å²) >= 11 is 0. The smallest absolute Gasteiger partial charge is 0.240 e. The van der Waals surface area contributed by atoms with Crippen LogP contribution in [0.2, 0.25) is 0 Å². The van der Waals surface area contributed by atoms with Crippen LogP contribution in [0.5, 0.6) is 0 Å². The number of hydrogen-bond donors (Lipinski definition) is 2. The Morgan fingerprint density at radius 3 is 2.30 bits per heavy atom. The van der Waals surface area contributed by atoms with E-state index in [1.54, 1.807) is 36.7 Å². The third kappa shape index (κ3) is 6.25. The van der Waals surface area contributed by atoms with Gasteiger partial charge in [-0.1, -0.05) is 12.1 Å². The molecule has 0 bridgehead atoms. The minimum atomic E-state index is -3.42. The largest absolute Gasteiger partial charge is 0.357 e. The van der Waals surface area contributed by atoms with Gasteiger partial charge in [-0.05, 0) is 37.7 Å². The molecule has 0 radical (unpaired) electrons. The number of halogens is 1. The number of rotatable bonds is 6. The van der Waals surface area contributed by atoms with Gasteiger partial charge in [0.1, 0.15) is 0 Å². The van der Waals surface area contributed by atoms with E-state index in [0.29, 0.717) is 6.54 Å². The van der Waals surface area contributed by atoms with Crippen LogP contribution in [0, 0.1) is 0 Å². The fraction of sp³-hybridized carbons (Fsp3) is 0.421. The van der Waals surface area contributed by atoms with E-state index >= 15 is 0 Å². The van der Waals surface area contributed by atoms with E-state index in [0.717, 1.165) is 50.2 Å². The SMILES string of the molecule is CCNC(=NCc1ccc(S(=O)(=O)NC)cc1)N1CCN(c2ncccn2)CC1.I. The molecule has 0 spiro atoms. The summed E-state index contributed by atoms with van der Waals surface area (Å²) in [5.41, 5.74) is 0.951. The van der Waals surface area contributed by atoms with Crippen LogP contribution in [0.4, 0.5) is 5.95 Å². The van der Waals surface area contributed by atoms with Crippen LogP contribution in [0.25, 0.3) is 0 Å². The Morgan fingerprint density at radius 1 is 1.10 bits per heavy atom. The Labute approximate surface area is 195 Å². The summed E-state index contributed by atoms with van der Waals surface area (Å²) < 4.78 is 26.0. The zero-order valence-electron chi connectivity index (χ0n) is 17.2. The lowest BCUT2D eigenvalue weighted by Crippen LogP contribution is -2.52. The topological polar surface area (TPSA) is 103 Å². The van der Waals surface area contributed by atoms with Gasteiger partial charge in [0.2, 0.25) is 16.0 Å². The molecule has 2 heterocycles. The van der Waals surface area contributed by atoms with Crippen LogP contribution in [0.3, 0.4) is 0 Å². The minimum absolute atomic E-state index is 0. The molecule has 1 aliphatic rings. The van der Waals surface area contributed by atoms with Gasteiger partial charge in [0, 0.05) is 45.1 Å². The van der Waals surface area contributed by atoms with Gasteiger partial charge in [0.15, 0.2) is 5.96 Å². The summed E-state index contributed by atoms with van der Waals surface area (Å²) in [6.45, 7) is 6.59. The summed E-state index contributed by atoms with van der Waals surface area (Å²) in [4.78, 5) is 18.0. The van der Waals surface area contributed by atoms with E-state index in [2.05, 4.69) is 29.8 Å². The average Bonchev–Trinajstić information content (AvgIpc) is 2.77. The predicted molar refractivity (Wildman–Crippen MR) is 129 cm³/mol. The molecule has 1 aliphatic heterocycles. The van der Waals surface area contributed by atoms with Crippen LogP contribution in [0.15, 0.2) is 52.6 Å². The van der Waals surface area contributed by atoms with E-state index in [4.69, 9.17) is 4.99 Å². The molecule has 0 saturated carbocycles. The second-order valence-corrected chi connectivity index (χ2v) is 8.43. The molecule has 0 atom stereocenters. The molecule has 1 aromatic heterocycles. The van der Waals surface area contributed by atoms with Gasteiger partial charge in [-0.15, -0.1) is 24.0 Å². The second-order valence-electron chi connectivity index (χ2n) is 6.54. The highest BCUT2D eigenvalue weighted by atomic mass is 127. The van der Waals surface area contributed by atoms with E-state index in [1.807, 2.05) is 13.0 Å². The number of hydrogen-bond acceptors (Lipinski definition) is 6. The normalized spacial score (nSPS) is 14.9. The number of anilines is 1. The maximum atomic E-state index is 11.8. The molecule has 1 fully saturated rings.